The Balaban J connectivity index is 2.02. The van der Waals surface area contributed by atoms with E-state index in [0.717, 1.165) is 22.4 Å². The molecule has 0 atom stereocenters. The number of aryl methyl sites for hydroxylation is 1. The third kappa shape index (κ3) is 4.22. The van der Waals surface area contributed by atoms with E-state index in [1.807, 2.05) is 61.5 Å². The first-order valence-electron chi connectivity index (χ1n) is 7.46. The SMILES string of the molecule is Cc1cccc(C(C)C)c1NC(=O)N/C=C/c1ccccc1. The Morgan fingerprint density at radius 1 is 1.05 bits per heavy atom. The van der Waals surface area contributed by atoms with Crippen molar-refractivity contribution in [1.29, 1.82) is 0 Å². The van der Waals surface area contributed by atoms with Gasteiger partial charge in [-0.3, -0.25) is 0 Å². The third-order valence-corrected chi connectivity index (χ3v) is 3.46. The van der Waals surface area contributed by atoms with Crippen LogP contribution in [0.3, 0.4) is 0 Å². The van der Waals surface area contributed by atoms with Crippen LogP contribution in [0.4, 0.5) is 10.5 Å². The number of urea groups is 1. The summed E-state index contributed by atoms with van der Waals surface area (Å²) in [6, 6.07) is 15.7. The lowest BCUT2D eigenvalue weighted by Crippen LogP contribution is -2.25. The third-order valence-electron chi connectivity index (χ3n) is 3.46. The summed E-state index contributed by atoms with van der Waals surface area (Å²) in [4.78, 5) is 12.1. The monoisotopic (exact) mass is 294 g/mol. The van der Waals surface area contributed by atoms with Gasteiger partial charge in [0.2, 0.25) is 0 Å². The molecule has 0 aliphatic rings. The minimum Gasteiger partial charge on any atom is -0.314 e. The minimum absolute atomic E-state index is 0.233. The molecule has 0 radical (unpaired) electrons. The van der Waals surface area contributed by atoms with E-state index in [9.17, 15) is 4.79 Å². The fourth-order valence-electron chi connectivity index (χ4n) is 2.27. The first-order valence-corrected chi connectivity index (χ1v) is 7.46. The van der Waals surface area contributed by atoms with Gasteiger partial charge in [-0.15, -0.1) is 0 Å². The molecule has 0 saturated heterocycles. The van der Waals surface area contributed by atoms with E-state index in [-0.39, 0.29) is 6.03 Å². The van der Waals surface area contributed by atoms with Crippen molar-refractivity contribution in [2.24, 2.45) is 0 Å². The van der Waals surface area contributed by atoms with Crippen molar-refractivity contribution in [3.8, 4) is 0 Å². The van der Waals surface area contributed by atoms with Crippen LogP contribution in [0, 0.1) is 6.92 Å². The maximum atomic E-state index is 12.1. The van der Waals surface area contributed by atoms with Gasteiger partial charge in [0.1, 0.15) is 0 Å². The number of hydrogen-bond donors (Lipinski definition) is 2. The standard InChI is InChI=1S/C19H22N2O/c1-14(2)17-11-7-8-15(3)18(17)21-19(22)20-13-12-16-9-5-4-6-10-16/h4-14H,1-3H3,(H2,20,21,22)/b13-12+. The normalized spacial score (nSPS) is 10.9. The number of anilines is 1. The molecule has 0 fully saturated rings. The average molecular weight is 294 g/mol. The largest absolute Gasteiger partial charge is 0.323 e. The zero-order valence-electron chi connectivity index (χ0n) is 13.3. The lowest BCUT2D eigenvalue weighted by Gasteiger charge is -2.16. The Bertz CT molecular complexity index is 660. The van der Waals surface area contributed by atoms with Crippen LogP contribution in [0.2, 0.25) is 0 Å². The van der Waals surface area contributed by atoms with Crippen molar-refractivity contribution in [1.82, 2.24) is 5.32 Å². The fraction of sp³-hybridized carbons (Fsp3) is 0.211. The van der Waals surface area contributed by atoms with Gasteiger partial charge in [0.25, 0.3) is 0 Å². The predicted molar refractivity (Wildman–Crippen MR) is 92.9 cm³/mol. The predicted octanol–water partition coefficient (Wildman–Crippen LogP) is 4.91. The van der Waals surface area contributed by atoms with Crippen LogP contribution in [-0.2, 0) is 0 Å². The molecule has 2 N–H and O–H groups in total. The summed E-state index contributed by atoms with van der Waals surface area (Å²) in [6.45, 7) is 6.24. The Morgan fingerprint density at radius 2 is 1.77 bits per heavy atom. The quantitative estimate of drug-likeness (QED) is 0.826. The van der Waals surface area contributed by atoms with E-state index in [4.69, 9.17) is 0 Å². The van der Waals surface area contributed by atoms with E-state index < -0.39 is 0 Å². The smallest absolute Gasteiger partial charge is 0.314 e. The molecule has 0 unspecified atom stereocenters. The van der Waals surface area contributed by atoms with E-state index in [1.165, 1.54) is 0 Å². The fourth-order valence-corrected chi connectivity index (χ4v) is 2.27. The second-order valence-corrected chi connectivity index (χ2v) is 5.54. The first-order chi connectivity index (χ1) is 10.6. The van der Waals surface area contributed by atoms with Gasteiger partial charge in [-0.1, -0.05) is 62.4 Å². The summed E-state index contributed by atoms with van der Waals surface area (Å²) in [5, 5.41) is 5.69. The van der Waals surface area contributed by atoms with E-state index in [0.29, 0.717) is 5.92 Å². The average Bonchev–Trinajstić information content (AvgIpc) is 2.50. The van der Waals surface area contributed by atoms with Gasteiger partial charge in [0.05, 0.1) is 0 Å². The van der Waals surface area contributed by atoms with Crippen molar-refractivity contribution in [3.63, 3.8) is 0 Å². The summed E-state index contributed by atoms with van der Waals surface area (Å²) in [7, 11) is 0. The number of para-hydroxylation sites is 1. The van der Waals surface area contributed by atoms with Gasteiger partial charge in [0, 0.05) is 11.9 Å². The summed E-state index contributed by atoms with van der Waals surface area (Å²) in [5.41, 5.74) is 4.14. The molecule has 2 aromatic rings. The number of nitrogens with one attached hydrogen (secondary N) is 2. The summed E-state index contributed by atoms with van der Waals surface area (Å²) in [5.74, 6) is 0.357. The lowest BCUT2D eigenvalue weighted by atomic mass is 9.98. The van der Waals surface area contributed by atoms with Crippen LogP contribution in [0.15, 0.2) is 54.7 Å². The molecule has 2 rings (SSSR count). The zero-order chi connectivity index (χ0) is 15.9. The second-order valence-electron chi connectivity index (χ2n) is 5.54. The Hall–Kier alpha value is -2.55. The maximum Gasteiger partial charge on any atom is 0.323 e. The highest BCUT2D eigenvalue weighted by Gasteiger charge is 2.10. The summed E-state index contributed by atoms with van der Waals surface area (Å²) >= 11 is 0. The van der Waals surface area contributed by atoms with Crippen molar-refractivity contribution in [2.45, 2.75) is 26.7 Å². The summed E-state index contributed by atoms with van der Waals surface area (Å²) in [6.07, 6.45) is 3.51. The number of rotatable bonds is 4. The topological polar surface area (TPSA) is 41.1 Å². The number of hydrogen-bond acceptors (Lipinski definition) is 1. The van der Waals surface area contributed by atoms with Gasteiger partial charge in [-0.2, -0.15) is 0 Å². The molecular formula is C19H22N2O. The Kier molecular flexibility index (Phi) is 5.37. The second kappa shape index (κ2) is 7.46. The van der Waals surface area contributed by atoms with Crippen LogP contribution in [0.5, 0.6) is 0 Å². The van der Waals surface area contributed by atoms with Gasteiger partial charge >= 0.3 is 6.03 Å². The van der Waals surface area contributed by atoms with E-state index >= 15 is 0 Å². The highest BCUT2D eigenvalue weighted by molar-refractivity contribution is 5.92. The van der Waals surface area contributed by atoms with Crippen LogP contribution in [0.25, 0.3) is 6.08 Å². The molecule has 0 spiro atoms. The molecule has 0 heterocycles. The molecule has 22 heavy (non-hydrogen) atoms. The minimum atomic E-state index is -0.233. The van der Waals surface area contributed by atoms with Crippen molar-refractivity contribution in [2.75, 3.05) is 5.32 Å². The highest BCUT2D eigenvalue weighted by atomic mass is 16.2. The molecule has 3 nitrogen and oxygen atoms in total. The Morgan fingerprint density at radius 3 is 2.45 bits per heavy atom. The van der Waals surface area contributed by atoms with Crippen LogP contribution >= 0.6 is 0 Å². The lowest BCUT2D eigenvalue weighted by molar-refractivity contribution is 0.255. The zero-order valence-corrected chi connectivity index (χ0v) is 13.3. The van der Waals surface area contributed by atoms with Crippen LogP contribution in [-0.4, -0.2) is 6.03 Å². The van der Waals surface area contributed by atoms with E-state index in [1.54, 1.807) is 6.20 Å². The van der Waals surface area contributed by atoms with Gasteiger partial charge in [0.15, 0.2) is 0 Å². The van der Waals surface area contributed by atoms with Crippen molar-refractivity contribution >= 4 is 17.8 Å². The first kappa shape index (κ1) is 15.8. The van der Waals surface area contributed by atoms with Crippen LogP contribution < -0.4 is 10.6 Å². The molecular weight excluding hydrogens is 272 g/mol. The molecule has 3 heteroatoms. The number of amides is 2. The Labute approximate surface area is 132 Å². The van der Waals surface area contributed by atoms with Gasteiger partial charge in [-0.05, 0) is 35.6 Å². The molecule has 2 aromatic carbocycles. The van der Waals surface area contributed by atoms with E-state index in [2.05, 4.69) is 24.5 Å². The number of carbonyl (C=O) groups is 1. The van der Waals surface area contributed by atoms with Crippen LogP contribution in [0.1, 0.15) is 36.5 Å². The molecule has 2 amide bonds. The highest BCUT2D eigenvalue weighted by Crippen LogP contribution is 2.27. The van der Waals surface area contributed by atoms with Crippen molar-refractivity contribution < 1.29 is 4.79 Å². The van der Waals surface area contributed by atoms with Gasteiger partial charge in [-0.25, -0.2) is 4.79 Å². The number of benzene rings is 2. The molecule has 0 aromatic heterocycles. The number of carbonyl (C=O) groups excluding carboxylic acids is 1. The molecule has 114 valence electrons. The summed E-state index contributed by atoms with van der Waals surface area (Å²) < 4.78 is 0. The molecule has 0 saturated carbocycles. The molecule has 0 aliphatic carbocycles. The van der Waals surface area contributed by atoms with Gasteiger partial charge < -0.3 is 10.6 Å². The molecule has 0 aliphatic heterocycles. The molecule has 0 bridgehead atoms. The van der Waals surface area contributed by atoms with Crippen molar-refractivity contribution in [3.05, 3.63) is 71.4 Å². The maximum absolute atomic E-state index is 12.1.